The molecule has 21 heavy (non-hydrogen) atoms. The van der Waals surface area contributed by atoms with Crippen LogP contribution in [0, 0.1) is 11.3 Å². The number of nitrogens with zero attached hydrogens (tertiary/aromatic N) is 1. The summed E-state index contributed by atoms with van der Waals surface area (Å²) in [5, 5.41) is 12.3. The molecule has 0 aromatic heterocycles. The van der Waals surface area contributed by atoms with E-state index in [1.807, 2.05) is 18.2 Å². The summed E-state index contributed by atoms with van der Waals surface area (Å²) in [5.41, 5.74) is 2.77. The SMILES string of the molecule is COc1cc(C#N)ccc1NC(C)Cc1ccc(Br)cc1. The molecule has 0 bridgehead atoms. The lowest BCUT2D eigenvalue weighted by atomic mass is 10.1. The molecule has 0 aliphatic rings. The van der Waals surface area contributed by atoms with E-state index in [1.165, 1.54) is 5.56 Å². The summed E-state index contributed by atoms with van der Waals surface area (Å²) in [4.78, 5) is 0. The van der Waals surface area contributed by atoms with E-state index in [9.17, 15) is 0 Å². The van der Waals surface area contributed by atoms with E-state index in [2.05, 4.69) is 46.4 Å². The van der Waals surface area contributed by atoms with Crippen molar-refractivity contribution in [2.75, 3.05) is 12.4 Å². The van der Waals surface area contributed by atoms with Crippen molar-refractivity contribution in [2.45, 2.75) is 19.4 Å². The number of nitriles is 1. The smallest absolute Gasteiger partial charge is 0.143 e. The first-order chi connectivity index (χ1) is 10.1. The second kappa shape index (κ2) is 7.14. The van der Waals surface area contributed by atoms with Gasteiger partial charge < -0.3 is 10.1 Å². The molecular weight excluding hydrogens is 328 g/mol. The third-order valence-electron chi connectivity index (χ3n) is 3.19. The highest BCUT2D eigenvalue weighted by Crippen LogP contribution is 2.26. The molecule has 2 aromatic rings. The van der Waals surface area contributed by atoms with Gasteiger partial charge in [0.2, 0.25) is 0 Å². The van der Waals surface area contributed by atoms with Gasteiger partial charge in [0.15, 0.2) is 0 Å². The maximum atomic E-state index is 8.92. The molecule has 1 unspecified atom stereocenters. The number of ether oxygens (including phenoxy) is 1. The van der Waals surface area contributed by atoms with Crippen molar-refractivity contribution in [3.63, 3.8) is 0 Å². The van der Waals surface area contributed by atoms with Gasteiger partial charge in [-0.05, 0) is 43.2 Å². The number of hydrogen-bond donors (Lipinski definition) is 1. The second-order valence-electron chi connectivity index (χ2n) is 4.90. The molecule has 2 aromatic carbocycles. The van der Waals surface area contributed by atoms with Crippen LogP contribution in [0.15, 0.2) is 46.9 Å². The van der Waals surface area contributed by atoms with Crippen molar-refractivity contribution >= 4 is 21.6 Å². The molecule has 4 heteroatoms. The molecule has 0 spiro atoms. The predicted octanol–water partition coefficient (Wildman–Crippen LogP) is 4.37. The van der Waals surface area contributed by atoms with Gasteiger partial charge in [-0.25, -0.2) is 0 Å². The van der Waals surface area contributed by atoms with Gasteiger partial charge in [-0.3, -0.25) is 0 Å². The summed E-state index contributed by atoms with van der Waals surface area (Å²) in [5.74, 6) is 0.691. The lowest BCUT2D eigenvalue weighted by molar-refractivity contribution is 0.416. The van der Waals surface area contributed by atoms with E-state index in [1.54, 1.807) is 19.2 Å². The Bertz CT molecular complexity index is 647. The van der Waals surface area contributed by atoms with Crippen LogP contribution in [-0.4, -0.2) is 13.2 Å². The zero-order valence-corrected chi connectivity index (χ0v) is 13.6. The van der Waals surface area contributed by atoms with E-state index < -0.39 is 0 Å². The molecular formula is C17H17BrN2O. The second-order valence-corrected chi connectivity index (χ2v) is 5.82. The molecule has 0 heterocycles. The van der Waals surface area contributed by atoms with Crippen molar-refractivity contribution in [3.8, 4) is 11.8 Å². The zero-order valence-electron chi connectivity index (χ0n) is 12.1. The Morgan fingerprint density at radius 1 is 1.24 bits per heavy atom. The Morgan fingerprint density at radius 2 is 1.95 bits per heavy atom. The third kappa shape index (κ3) is 4.24. The fourth-order valence-electron chi connectivity index (χ4n) is 2.17. The maximum Gasteiger partial charge on any atom is 0.143 e. The lowest BCUT2D eigenvalue weighted by Crippen LogP contribution is -2.18. The quantitative estimate of drug-likeness (QED) is 0.875. The van der Waals surface area contributed by atoms with Crippen LogP contribution in [0.25, 0.3) is 0 Å². The van der Waals surface area contributed by atoms with E-state index in [4.69, 9.17) is 10.00 Å². The van der Waals surface area contributed by atoms with Gasteiger partial charge in [-0.1, -0.05) is 28.1 Å². The third-order valence-corrected chi connectivity index (χ3v) is 3.72. The number of hydrogen-bond acceptors (Lipinski definition) is 3. The summed E-state index contributed by atoms with van der Waals surface area (Å²) in [7, 11) is 1.61. The highest BCUT2D eigenvalue weighted by molar-refractivity contribution is 9.10. The summed E-state index contributed by atoms with van der Waals surface area (Å²) in [6.07, 6.45) is 0.913. The highest BCUT2D eigenvalue weighted by atomic mass is 79.9. The van der Waals surface area contributed by atoms with Crippen LogP contribution in [0.1, 0.15) is 18.1 Å². The molecule has 0 radical (unpaired) electrons. The number of methoxy groups -OCH3 is 1. The first-order valence-corrected chi connectivity index (χ1v) is 7.51. The van der Waals surface area contributed by atoms with Crippen molar-refractivity contribution in [1.29, 1.82) is 5.26 Å². The molecule has 1 N–H and O–H groups in total. The average Bonchev–Trinajstić information content (AvgIpc) is 2.50. The Morgan fingerprint density at radius 3 is 2.57 bits per heavy atom. The Kier molecular flexibility index (Phi) is 5.24. The summed E-state index contributed by atoms with van der Waals surface area (Å²) in [6.45, 7) is 2.12. The maximum absolute atomic E-state index is 8.92. The number of anilines is 1. The van der Waals surface area contributed by atoms with Gasteiger partial charge in [0, 0.05) is 16.6 Å². The van der Waals surface area contributed by atoms with E-state index >= 15 is 0 Å². The Balaban J connectivity index is 2.07. The van der Waals surface area contributed by atoms with Gasteiger partial charge in [-0.2, -0.15) is 5.26 Å². The van der Waals surface area contributed by atoms with Crippen LogP contribution in [0.3, 0.4) is 0 Å². The van der Waals surface area contributed by atoms with Crippen molar-refractivity contribution in [2.24, 2.45) is 0 Å². The standard InChI is InChI=1S/C17H17BrN2O/c1-12(9-13-3-6-15(18)7-4-13)20-16-8-5-14(11-19)10-17(16)21-2/h3-8,10,12,20H,9H2,1-2H3. The molecule has 0 saturated heterocycles. The number of nitrogens with one attached hydrogen (secondary N) is 1. The molecule has 0 aliphatic carbocycles. The largest absolute Gasteiger partial charge is 0.495 e. The molecule has 0 amide bonds. The minimum atomic E-state index is 0.257. The van der Waals surface area contributed by atoms with Crippen molar-refractivity contribution in [3.05, 3.63) is 58.1 Å². The van der Waals surface area contributed by atoms with Crippen LogP contribution >= 0.6 is 15.9 Å². The molecule has 1 atom stereocenters. The lowest BCUT2D eigenvalue weighted by Gasteiger charge is -2.18. The Hall–Kier alpha value is -1.99. The topological polar surface area (TPSA) is 45.0 Å². The normalized spacial score (nSPS) is 11.5. The molecule has 0 fully saturated rings. The van der Waals surface area contributed by atoms with Crippen LogP contribution in [0.5, 0.6) is 5.75 Å². The van der Waals surface area contributed by atoms with Gasteiger partial charge in [-0.15, -0.1) is 0 Å². The number of benzene rings is 2. The molecule has 2 rings (SSSR count). The van der Waals surface area contributed by atoms with Gasteiger partial charge in [0.25, 0.3) is 0 Å². The number of halogens is 1. The molecule has 3 nitrogen and oxygen atoms in total. The number of rotatable bonds is 5. The zero-order chi connectivity index (χ0) is 15.2. The predicted molar refractivity (Wildman–Crippen MR) is 88.6 cm³/mol. The summed E-state index contributed by atoms with van der Waals surface area (Å²) in [6, 6.07) is 16.1. The van der Waals surface area contributed by atoms with Gasteiger partial charge >= 0.3 is 0 Å². The monoisotopic (exact) mass is 344 g/mol. The summed E-state index contributed by atoms with van der Waals surface area (Å²) < 4.78 is 6.42. The fraction of sp³-hybridized carbons (Fsp3) is 0.235. The summed E-state index contributed by atoms with van der Waals surface area (Å²) >= 11 is 3.44. The fourth-order valence-corrected chi connectivity index (χ4v) is 2.43. The average molecular weight is 345 g/mol. The van der Waals surface area contributed by atoms with Gasteiger partial charge in [0.05, 0.1) is 24.4 Å². The van der Waals surface area contributed by atoms with Crippen LogP contribution in [0.4, 0.5) is 5.69 Å². The van der Waals surface area contributed by atoms with Crippen LogP contribution < -0.4 is 10.1 Å². The van der Waals surface area contributed by atoms with E-state index in [0.717, 1.165) is 16.6 Å². The van der Waals surface area contributed by atoms with Crippen molar-refractivity contribution in [1.82, 2.24) is 0 Å². The first kappa shape index (κ1) is 15.4. The van der Waals surface area contributed by atoms with Crippen LogP contribution in [-0.2, 0) is 6.42 Å². The molecule has 108 valence electrons. The van der Waals surface area contributed by atoms with Crippen LogP contribution in [0.2, 0.25) is 0 Å². The van der Waals surface area contributed by atoms with E-state index in [0.29, 0.717) is 11.3 Å². The van der Waals surface area contributed by atoms with E-state index in [-0.39, 0.29) is 6.04 Å². The highest BCUT2D eigenvalue weighted by Gasteiger charge is 2.09. The molecule has 0 saturated carbocycles. The minimum absolute atomic E-state index is 0.257. The van der Waals surface area contributed by atoms with Crippen molar-refractivity contribution < 1.29 is 4.74 Å². The molecule has 0 aliphatic heterocycles. The van der Waals surface area contributed by atoms with Gasteiger partial charge in [0.1, 0.15) is 5.75 Å². The minimum Gasteiger partial charge on any atom is -0.495 e. The first-order valence-electron chi connectivity index (χ1n) is 6.71. The Labute approximate surface area is 133 Å².